The van der Waals surface area contributed by atoms with Gasteiger partial charge in [0.25, 0.3) is 0 Å². The fourth-order valence-electron chi connectivity index (χ4n) is 3.31. The van der Waals surface area contributed by atoms with E-state index in [0.717, 1.165) is 11.4 Å². The van der Waals surface area contributed by atoms with E-state index < -0.39 is 8.07 Å². The number of nitrogen functional groups attached to an aromatic ring is 4. The third-order valence-corrected chi connectivity index (χ3v) is 10.2. The van der Waals surface area contributed by atoms with Crippen molar-refractivity contribution < 1.29 is 0 Å². The predicted molar refractivity (Wildman–Crippen MR) is 121 cm³/mol. The van der Waals surface area contributed by atoms with Crippen molar-refractivity contribution in [1.29, 1.82) is 0 Å². The van der Waals surface area contributed by atoms with Gasteiger partial charge in [0.2, 0.25) is 0 Å². The van der Waals surface area contributed by atoms with Crippen molar-refractivity contribution in [1.82, 2.24) is 4.98 Å². The minimum absolute atomic E-state index is 0.463. The van der Waals surface area contributed by atoms with Crippen LogP contribution in [0.5, 0.6) is 0 Å². The van der Waals surface area contributed by atoms with Crippen LogP contribution in [-0.4, -0.2) is 13.1 Å². The van der Waals surface area contributed by atoms with E-state index in [2.05, 4.69) is 43.1 Å². The number of nitrogens with zero attached hydrogens (tertiary/aromatic N) is 1. The van der Waals surface area contributed by atoms with Crippen molar-refractivity contribution in [2.75, 3.05) is 22.9 Å². The van der Waals surface area contributed by atoms with E-state index in [4.69, 9.17) is 22.9 Å². The molecular weight excluding hydrogens is 350 g/mol. The first-order chi connectivity index (χ1) is 12.9. The quantitative estimate of drug-likeness (QED) is 0.411. The predicted octanol–water partition coefficient (Wildman–Crippen LogP) is 2.70. The molecule has 0 radical (unpaired) electrons. The van der Waals surface area contributed by atoms with Crippen molar-refractivity contribution in [2.45, 2.75) is 25.9 Å². The first-order valence-electron chi connectivity index (χ1n) is 9.11. The van der Waals surface area contributed by atoms with Crippen LogP contribution in [0.25, 0.3) is 0 Å². The zero-order chi connectivity index (χ0) is 19.9. The van der Waals surface area contributed by atoms with E-state index in [-0.39, 0.29) is 0 Å². The van der Waals surface area contributed by atoms with Gasteiger partial charge in [0.15, 0.2) is 0 Å². The van der Waals surface area contributed by atoms with Gasteiger partial charge in [-0.1, -0.05) is 66.6 Å². The van der Waals surface area contributed by atoms with Gasteiger partial charge >= 0.3 is 0 Å². The number of rotatable bonds is 4. The SMILES string of the molecule is CC[Si](CC)(c1ccc(N)cc1)c1ccc(N)cc1.Nc1cccc(N)n1. The fraction of sp³-hybridized carbons (Fsp3) is 0.190. The molecule has 0 aliphatic rings. The van der Waals surface area contributed by atoms with E-state index in [1.165, 1.54) is 22.5 Å². The molecule has 6 heteroatoms. The van der Waals surface area contributed by atoms with Gasteiger partial charge in [0.1, 0.15) is 19.7 Å². The molecule has 0 saturated carbocycles. The average Bonchev–Trinajstić information content (AvgIpc) is 2.66. The molecular formula is C21H29N5Si. The molecule has 8 N–H and O–H groups in total. The molecule has 27 heavy (non-hydrogen) atoms. The third-order valence-electron chi connectivity index (χ3n) is 4.93. The van der Waals surface area contributed by atoms with E-state index in [1.54, 1.807) is 18.2 Å². The molecule has 0 amide bonds. The number of benzene rings is 2. The van der Waals surface area contributed by atoms with Gasteiger partial charge in [-0.2, -0.15) is 0 Å². The molecule has 3 rings (SSSR count). The molecule has 1 heterocycles. The average molecular weight is 380 g/mol. The second-order valence-corrected chi connectivity index (χ2v) is 11.3. The van der Waals surface area contributed by atoms with Crippen LogP contribution in [0.2, 0.25) is 12.1 Å². The largest absolute Gasteiger partial charge is 0.399 e. The normalized spacial score (nSPS) is 10.7. The first kappa shape index (κ1) is 20.3. The fourth-order valence-corrected chi connectivity index (χ4v) is 7.38. The topological polar surface area (TPSA) is 117 Å². The van der Waals surface area contributed by atoms with Crippen molar-refractivity contribution >= 4 is 41.5 Å². The van der Waals surface area contributed by atoms with Gasteiger partial charge in [-0.3, -0.25) is 0 Å². The van der Waals surface area contributed by atoms with Crippen LogP contribution in [0.4, 0.5) is 23.0 Å². The zero-order valence-electron chi connectivity index (χ0n) is 16.0. The minimum Gasteiger partial charge on any atom is -0.399 e. The molecule has 0 bridgehead atoms. The van der Waals surface area contributed by atoms with E-state index in [0.29, 0.717) is 11.6 Å². The van der Waals surface area contributed by atoms with Crippen LogP contribution in [0.1, 0.15) is 13.8 Å². The molecule has 5 nitrogen and oxygen atoms in total. The van der Waals surface area contributed by atoms with Gasteiger partial charge in [-0.25, -0.2) is 4.98 Å². The Labute approximate surface area is 162 Å². The Balaban J connectivity index is 0.000000273. The second kappa shape index (κ2) is 9.09. The summed E-state index contributed by atoms with van der Waals surface area (Å²) in [5.41, 5.74) is 23.8. The number of anilines is 4. The van der Waals surface area contributed by atoms with Crippen molar-refractivity contribution in [3.63, 3.8) is 0 Å². The third kappa shape index (κ3) is 5.01. The van der Waals surface area contributed by atoms with Crippen LogP contribution in [0.15, 0.2) is 66.7 Å². The maximum Gasteiger partial charge on any atom is 0.125 e. The van der Waals surface area contributed by atoms with E-state index >= 15 is 0 Å². The number of hydrogen-bond acceptors (Lipinski definition) is 5. The smallest absolute Gasteiger partial charge is 0.125 e. The Morgan fingerprint density at radius 1 is 0.630 bits per heavy atom. The highest BCUT2D eigenvalue weighted by atomic mass is 28.3. The molecule has 0 saturated heterocycles. The monoisotopic (exact) mass is 379 g/mol. The maximum absolute atomic E-state index is 5.81. The van der Waals surface area contributed by atoms with Crippen molar-refractivity contribution in [3.8, 4) is 0 Å². The molecule has 0 atom stereocenters. The molecule has 0 aliphatic heterocycles. The molecule has 142 valence electrons. The van der Waals surface area contributed by atoms with Gasteiger partial charge in [0.05, 0.1) is 0 Å². The summed E-state index contributed by atoms with van der Waals surface area (Å²) >= 11 is 0. The van der Waals surface area contributed by atoms with Crippen LogP contribution >= 0.6 is 0 Å². The van der Waals surface area contributed by atoms with Crippen molar-refractivity contribution in [3.05, 3.63) is 66.7 Å². The number of nitrogens with two attached hydrogens (primary N) is 4. The van der Waals surface area contributed by atoms with Crippen LogP contribution < -0.4 is 33.3 Å². The second-order valence-electron chi connectivity index (χ2n) is 6.52. The Hall–Kier alpha value is -2.99. The summed E-state index contributed by atoms with van der Waals surface area (Å²) in [4.78, 5) is 3.73. The standard InChI is InChI=1S/C16H22N2Si.C5H7N3/c1-3-19(4-2,15-9-5-13(17)6-10-15)16-11-7-14(18)8-12-16;6-4-2-1-3-5(7)8-4/h5-12H,3-4,17-18H2,1-2H3;1-3H,(H4,6,7,8). The van der Waals surface area contributed by atoms with Crippen LogP contribution in [-0.2, 0) is 0 Å². The summed E-state index contributed by atoms with van der Waals surface area (Å²) in [6.07, 6.45) is 0. The maximum atomic E-state index is 5.81. The molecule has 0 fully saturated rings. The van der Waals surface area contributed by atoms with E-state index in [9.17, 15) is 0 Å². The highest BCUT2D eigenvalue weighted by Gasteiger charge is 2.33. The van der Waals surface area contributed by atoms with Crippen LogP contribution in [0.3, 0.4) is 0 Å². The van der Waals surface area contributed by atoms with E-state index in [1.807, 2.05) is 24.3 Å². The lowest BCUT2D eigenvalue weighted by molar-refractivity contribution is 1.29. The number of aromatic nitrogens is 1. The van der Waals surface area contributed by atoms with Crippen LogP contribution in [0, 0.1) is 0 Å². The lowest BCUT2D eigenvalue weighted by Crippen LogP contribution is -2.57. The molecule has 3 aromatic rings. The van der Waals surface area contributed by atoms with Gasteiger partial charge in [-0.15, -0.1) is 0 Å². The summed E-state index contributed by atoms with van der Waals surface area (Å²) < 4.78 is 0. The summed E-state index contributed by atoms with van der Waals surface area (Å²) in [5.74, 6) is 0.926. The molecule has 1 aromatic heterocycles. The number of hydrogen-bond donors (Lipinski definition) is 4. The summed E-state index contributed by atoms with van der Waals surface area (Å²) in [6, 6.07) is 24.4. The lowest BCUT2D eigenvalue weighted by atomic mass is 10.3. The Kier molecular flexibility index (Phi) is 6.84. The molecule has 0 unspecified atom stereocenters. The van der Waals surface area contributed by atoms with Gasteiger partial charge < -0.3 is 22.9 Å². The molecule has 0 spiro atoms. The minimum atomic E-state index is -1.65. The Morgan fingerprint density at radius 3 is 1.26 bits per heavy atom. The summed E-state index contributed by atoms with van der Waals surface area (Å²) in [5, 5.41) is 2.91. The molecule has 2 aromatic carbocycles. The number of pyridine rings is 1. The van der Waals surface area contributed by atoms with Crippen molar-refractivity contribution in [2.24, 2.45) is 0 Å². The van der Waals surface area contributed by atoms with Gasteiger partial charge in [0, 0.05) is 11.4 Å². The Morgan fingerprint density at radius 2 is 1.00 bits per heavy atom. The molecule has 0 aliphatic carbocycles. The van der Waals surface area contributed by atoms with Gasteiger partial charge in [-0.05, 0) is 36.4 Å². The Bertz CT molecular complexity index is 778. The first-order valence-corrected chi connectivity index (χ1v) is 11.5. The summed E-state index contributed by atoms with van der Waals surface area (Å²) in [6.45, 7) is 4.59. The zero-order valence-corrected chi connectivity index (χ0v) is 17.0. The highest BCUT2D eigenvalue weighted by Crippen LogP contribution is 2.17. The summed E-state index contributed by atoms with van der Waals surface area (Å²) in [7, 11) is -1.65. The lowest BCUT2D eigenvalue weighted by Gasteiger charge is -2.31. The highest BCUT2D eigenvalue weighted by molar-refractivity contribution is 7.02.